The van der Waals surface area contributed by atoms with Crippen molar-refractivity contribution in [2.75, 3.05) is 26.4 Å². The van der Waals surface area contributed by atoms with Gasteiger partial charge in [0.2, 0.25) is 0 Å². The maximum Gasteiger partial charge on any atom is 0.472 e. The van der Waals surface area contributed by atoms with E-state index < -0.39 is 26.5 Å². The normalized spacial score (nSPS) is 13.3. The van der Waals surface area contributed by atoms with Crippen LogP contribution in [-0.2, 0) is 32.7 Å². The van der Waals surface area contributed by atoms with Crippen LogP contribution >= 0.6 is 7.82 Å². The molecule has 360 valence electrons. The Morgan fingerprint density at radius 2 is 0.852 bits per heavy atom. The molecule has 61 heavy (non-hydrogen) atoms. The molecule has 0 amide bonds. The summed E-state index contributed by atoms with van der Waals surface area (Å²) in [6.45, 7) is 3.77. The summed E-state index contributed by atoms with van der Waals surface area (Å²) >= 11 is 0. The summed E-state index contributed by atoms with van der Waals surface area (Å²) in [5, 5.41) is 0. The lowest BCUT2D eigenvalue weighted by molar-refractivity contribution is -0.161. The summed E-state index contributed by atoms with van der Waals surface area (Å²) in [6, 6.07) is 0. The first-order valence-electron chi connectivity index (χ1n) is 25.8. The summed E-state index contributed by atoms with van der Waals surface area (Å²) in [7, 11) is -4.38. The Bertz CT molecular complexity index is 1050. The molecule has 0 fully saturated rings. The van der Waals surface area contributed by atoms with E-state index in [1.165, 1.54) is 180 Å². The van der Waals surface area contributed by atoms with Crippen LogP contribution in [-0.4, -0.2) is 49.3 Å². The van der Waals surface area contributed by atoms with Crippen molar-refractivity contribution >= 4 is 19.8 Å². The van der Waals surface area contributed by atoms with Crippen LogP contribution in [0.3, 0.4) is 0 Å². The van der Waals surface area contributed by atoms with Crippen LogP contribution in [0.4, 0.5) is 0 Å². The van der Waals surface area contributed by atoms with Gasteiger partial charge in [-0.2, -0.15) is 0 Å². The summed E-state index contributed by atoms with van der Waals surface area (Å²) in [6.07, 6.45) is 53.6. The summed E-state index contributed by atoms with van der Waals surface area (Å²) in [5.74, 6) is -0.815. The number of nitrogens with two attached hydrogens (primary N) is 1. The zero-order valence-corrected chi connectivity index (χ0v) is 40.8. The van der Waals surface area contributed by atoms with Crippen LogP contribution in [0.15, 0.2) is 24.3 Å². The van der Waals surface area contributed by atoms with Crippen LogP contribution < -0.4 is 5.73 Å². The second kappa shape index (κ2) is 48.0. The predicted molar refractivity (Wildman–Crippen MR) is 257 cm³/mol. The lowest BCUT2D eigenvalue weighted by atomic mass is 10.0. The van der Waals surface area contributed by atoms with Gasteiger partial charge in [0.1, 0.15) is 6.61 Å². The molecule has 2 unspecified atom stereocenters. The molecule has 0 aliphatic heterocycles. The summed E-state index contributed by atoms with van der Waals surface area (Å²) in [4.78, 5) is 35.0. The minimum absolute atomic E-state index is 0.0556. The maximum atomic E-state index is 12.7. The van der Waals surface area contributed by atoms with Gasteiger partial charge in [0.05, 0.1) is 13.2 Å². The molecular formula is C51H98NO8P. The van der Waals surface area contributed by atoms with Gasteiger partial charge in [0.25, 0.3) is 0 Å². The van der Waals surface area contributed by atoms with E-state index in [1.54, 1.807) is 0 Å². The second-order valence-corrected chi connectivity index (χ2v) is 18.9. The molecule has 0 bridgehead atoms. The first-order chi connectivity index (χ1) is 29.8. The number of esters is 2. The zero-order chi connectivity index (χ0) is 44.6. The highest BCUT2D eigenvalue weighted by Crippen LogP contribution is 2.43. The second-order valence-electron chi connectivity index (χ2n) is 17.4. The number of rotatable bonds is 49. The molecule has 0 spiro atoms. The number of carbonyl (C=O) groups excluding carboxylic acids is 2. The third-order valence-corrected chi connectivity index (χ3v) is 12.3. The highest BCUT2D eigenvalue weighted by molar-refractivity contribution is 7.47. The number of hydrogen-bond acceptors (Lipinski definition) is 8. The Labute approximate surface area is 376 Å². The molecule has 0 rings (SSSR count). The number of phosphoric ester groups is 1. The minimum Gasteiger partial charge on any atom is -0.462 e. The van der Waals surface area contributed by atoms with E-state index in [-0.39, 0.29) is 38.6 Å². The predicted octanol–water partition coefficient (Wildman–Crippen LogP) is 15.5. The third kappa shape index (κ3) is 47.8. The van der Waals surface area contributed by atoms with Crippen molar-refractivity contribution in [2.24, 2.45) is 5.73 Å². The van der Waals surface area contributed by atoms with Gasteiger partial charge in [0.15, 0.2) is 6.10 Å². The fourth-order valence-corrected chi connectivity index (χ4v) is 8.26. The summed E-state index contributed by atoms with van der Waals surface area (Å²) in [5.41, 5.74) is 5.37. The van der Waals surface area contributed by atoms with Gasteiger partial charge in [-0.15, -0.1) is 0 Å². The number of unbranched alkanes of at least 4 members (excludes halogenated alkanes) is 32. The molecule has 0 aromatic carbocycles. The Morgan fingerprint density at radius 3 is 1.25 bits per heavy atom. The Hall–Kier alpha value is -1.51. The van der Waals surface area contributed by atoms with Crippen LogP contribution in [0.25, 0.3) is 0 Å². The topological polar surface area (TPSA) is 134 Å². The molecular weight excluding hydrogens is 786 g/mol. The maximum absolute atomic E-state index is 12.7. The molecule has 3 N–H and O–H groups in total. The number of allylic oxidation sites excluding steroid dienone is 4. The monoisotopic (exact) mass is 884 g/mol. The largest absolute Gasteiger partial charge is 0.472 e. The van der Waals surface area contributed by atoms with E-state index in [9.17, 15) is 19.0 Å². The highest BCUT2D eigenvalue weighted by atomic mass is 31.2. The van der Waals surface area contributed by atoms with Crippen LogP contribution in [0.2, 0.25) is 0 Å². The summed E-state index contributed by atoms with van der Waals surface area (Å²) < 4.78 is 32.9. The first-order valence-corrected chi connectivity index (χ1v) is 27.3. The van der Waals surface area contributed by atoms with E-state index >= 15 is 0 Å². The number of phosphoric acid groups is 1. The van der Waals surface area contributed by atoms with Crippen molar-refractivity contribution in [3.63, 3.8) is 0 Å². The van der Waals surface area contributed by atoms with Gasteiger partial charge in [-0.1, -0.05) is 224 Å². The van der Waals surface area contributed by atoms with Crippen LogP contribution in [0, 0.1) is 0 Å². The smallest absolute Gasteiger partial charge is 0.462 e. The van der Waals surface area contributed by atoms with Gasteiger partial charge < -0.3 is 20.1 Å². The van der Waals surface area contributed by atoms with Crippen LogP contribution in [0.1, 0.15) is 258 Å². The van der Waals surface area contributed by atoms with Gasteiger partial charge in [-0.05, 0) is 44.9 Å². The van der Waals surface area contributed by atoms with Crippen molar-refractivity contribution in [2.45, 2.75) is 264 Å². The fraction of sp³-hybridized carbons (Fsp3) is 0.882. The molecule has 0 radical (unpaired) electrons. The third-order valence-electron chi connectivity index (χ3n) is 11.3. The molecule has 0 saturated heterocycles. The van der Waals surface area contributed by atoms with E-state index in [0.717, 1.165) is 44.9 Å². The standard InChI is InChI=1S/C51H98NO8P/c1-3-5-7-9-11-13-15-17-19-20-21-22-23-24-25-26-27-28-30-32-34-36-38-40-42-44-51(54)60-49(48-59-61(55,56)58-46-45-52)47-57-50(53)43-41-39-37-35-33-31-29-18-16-14-12-10-8-6-4-2/h15,17,20-21,49H,3-14,16,18-19,22-48,52H2,1-2H3,(H,55,56)/b17-15-,21-20-. The number of carbonyl (C=O) groups is 2. The molecule has 0 heterocycles. The molecule has 10 heteroatoms. The van der Waals surface area contributed by atoms with Gasteiger partial charge in [-0.3, -0.25) is 18.6 Å². The van der Waals surface area contributed by atoms with E-state index in [4.69, 9.17) is 24.3 Å². The molecule has 0 aromatic heterocycles. The van der Waals surface area contributed by atoms with Gasteiger partial charge in [-0.25, -0.2) is 4.57 Å². The van der Waals surface area contributed by atoms with Gasteiger partial charge >= 0.3 is 19.8 Å². The Morgan fingerprint density at radius 1 is 0.492 bits per heavy atom. The lowest BCUT2D eigenvalue weighted by Gasteiger charge is -2.19. The van der Waals surface area contributed by atoms with E-state index in [1.807, 2.05) is 0 Å². The minimum atomic E-state index is -4.38. The number of hydrogen-bond donors (Lipinski definition) is 2. The van der Waals surface area contributed by atoms with Crippen molar-refractivity contribution in [1.29, 1.82) is 0 Å². The van der Waals surface area contributed by atoms with E-state index in [0.29, 0.717) is 6.42 Å². The van der Waals surface area contributed by atoms with Crippen molar-refractivity contribution in [3.8, 4) is 0 Å². The van der Waals surface area contributed by atoms with Crippen molar-refractivity contribution in [1.82, 2.24) is 0 Å². The SMILES string of the molecule is CCCCCCC/C=C\C/C=C\CCCCCCCCCCCCCCCC(=O)OC(COC(=O)CCCCCCCCCCCCCCCCC)COP(=O)(O)OCCN. The lowest BCUT2D eigenvalue weighted by Crippen LogP contribution is -2.29. The van der Waals surface area contributed by atoms with Crippen molar-refractivity contribution in [3.05, 3.63) is 24.3 Å². The Balaban J connectivity index is 3.98. The highest BCUT2D eigenvalue weighted by Gasteiger charge is 2.26. The fourth-order valence-electron chi connectivity index (χ4n) is 7.49. The Kier molecular flexibility index (Phi) is 46.8. The molecule has 2 atom stereocenters. The molecule has 0 aliphatic rings. The molecule has 0 aliphatic carbocycles. The zero-order valence-electron chi connectivity index (χ0n) is 39.9. The first kappa shape index (κ1) is 59.5. The van der Waals surface area contributed by atoms with Crippen LogP contribution in [0.5, 0.6) is 0 Å². The van der Waals surface area contributed by atoms with E-state index in [2.05, 4.69) is 38.2 Å². The average Bonchev–Trinajstić information content (AvgIpc) is 3.25. The molecule has 0 saturated carbocycles. The van der Waals surface area contributed by atoms with Gasteiger partial charge in [0, 0.05) is 19.4 Å². The van der Waals surface area contributed by atoms with Crippen molar-refractivity contribution < 1.29 is 37.6 Å². The molecule has 9 nitrogen and oxygen atoms in total. The molecule has 0 aromatic rings. The quantitative estimate of drug-likeness (QED) is 0.0265. The average molecular weight is 884 g/mol. The number of ether oxygens (including phenoxy) is 2.